The number of aryl methyl sites for hydroxylation is 2. The van der Waals surface area contributed by atoms with E-state index in [1.54, 1.807) is 20.0 Å². The summed E-state index contributed by atoms with van der Waals surface area (Å²) in [5, 5.41) is 5.55. The van der Waals surface area contributed by atoms with Crippen molar-refractivity contribution in [3.05, 3.63) is 94.5 Å². The number of fused-ring (bicyclic) bond motifs is 5. The van der Waals surface area contributed by atoms with Crippen molar-refractivity contribution in [1.29, 1.82) is 0 Å². The van der Waals surface area contributed by atoms with Crippen molar-refractivity contribution >= 4 is 41.3 Å². The number of nitrogens with one attached hydrogen (secondary N) is 2. The van der Waals surface area contributed by atoms with Gasteiger partial charge in [-0.15, -0.1) is 0 Å². The molecule has 0 spiro atoms. The first-order valence-electron chi connectivity index (χ1n) is 26.3. The first kappa shape index (κ1) is 58.7. The van der Waals surface area contributed by atoms with E-state index in [1.165, 1.54) is 101 Å². The molecule has 3 aromatic carbocycles. The number of benzene rings is 3. The van der Waals surface area contributed by atoms with E-state index in [2.05, 4.69) is 17.6 Å². The Kier molecular flexibility index (Phi) is 24.6. The number of hydrogen-bond donors (Lipinski definition) is 2. The largest absolute Gasteiger partial charge is 0.467 e. The van der Waals surface area contributed by atoms with E-state index in [0.29, 0.717) is 12.0 Å². The Balaban J connectivity index is 1.43. The van der Waals surface area contributed by atoms with Crippen molar-refractivity contribution < 1.29 is 43.0 Å². The van der Waals surface area contributed by atoms with Crippen LogP contribution >= 0.6 is 0 Å². The molecule has 1 aliphatic rings. The fraction of sp³-hybridized carbons (Fsp3) is 0.569. The number of esters is 1. The van der Waals surface area contributed by atoms with Gasteiger partial charge >= 0.3 is 5.97 Å². The Morgan fingerprint density at radius 2 is 1.33 bits per heavy atom. The molecule has 0 radical (unpaired) electrons. The van der Waals surface area contributed by atoms with Gasteiger partial charge in [-0.25, -0.2) is 4.79 Å². The monoisotopic (exact) mass is 994 g/mol. The van der Waals surface area contributed by atoms with Crippen molar-refractivity contribution in [2.75, 3.05) is 41.4 Å². The maximum absolute atomic E-state index is 14.4. The second kappa shape index (κ2) is 30.2. The molecule has 0 unspecified atom stereocenters. The molecule has 0 saturated heterocycles. The molecule has 0 fully saturated rings. The highest BCUT2D eigenvalue weighted by molar-refractivity contribution is 5.96. The predicted molar refractivity (Wildman–Crippen MR) is 282 cm³/mol. The second-order valence-corrected chi connectivity index (χ2v) is 19.9. The minimum Gasteiger partial charge on any atom is -0.467 e. The lowest BCUT2D eigenvalue weighted by Gasteiger charge is -2.32. The van der Waals surface area contributed by atoms with E-state index < -0.39 is 72.0 Å². The summed E-state index contributed by atoms with van der Waals surface area (Å²) in [6.07, 6.45) is 15.7. The molecule has 0 aromatic heterocycles. The van der Waals surface area contributed by atoms with Crippen LogP contribution in [0.15, 0.2) is 66.7 Å². The molecule has 2 N–H and O–H groups in total. The molecular weight excluding hydrogens is 911 g/mol. The zero-order valence-corrected chi connectivity index (χ0v) is 44.7. The van der Waals surface area contributed by atoms with Crippen LogP contribution in [0.3, 0.4) is 0 Å². The van der Waals surface area contributed by atoms with Crippen molar-refractivity contribution in [2.24, 2.45) is 5.92 Å². The minimum atomic E-state index is -1.14. The third kappa shape index (κ3) is 18.0. The summed E-state index contributed by atoms with van der Waals surface area (Å²) in [6.45, 7) is 8.95. The predicted octanol–water partition coefficient (Wildman–Crippen LogP) is 8.77. The Morgan fingerprint density at radius 1 is 0.750 bits per heavy atom. The molecule has 1 aliphatic heterocycles. The second-order valence-electron chi connectivity index (χ2n) is 19.9. The number of ether oxygens (including phenoxy) is 2. The molecule has 0 saturated carbocycles. The molecule has 394 valence electrons. The van der Waals surface area contributed by atoms with Crippen LogP contribution in [0.25, 0.3) is 11.1 Å². The fourth-order valence-electron chi connectivity index (χ4n) is 9.31. The van der Waals surface area contributed by atoms with Gasteiger partial charge in [0.25, 0.3) is 0 Å². The van der Waals surface area contributed by atoms with E-state index in [9.17, 15) is 33.6 Å². The Morgan fingerprint density at radius 3 is 1.94 bits per heavy atom. The Labute approximate surface area is 429 Å². The van der Waals surface area contributed by atoms with E-state index in [4.69, 9.17) is 9.47 Å². The standard InChI is InChI=1S/C58H83N5O9/c1-10-11-12-13-14-15-16-17-18-19-20-21-25-28-52(65)62(7)50(39-72-38-44-26-23-22-24-27-44)56(68)59-43(5)57(69)61(6)37-53(66)63(8)54-46-32-30-41(3)48(36-46)47-34-45(31-29-40(47)2)35-49(58(70)71-9)60-55(67)42(4)33-51(54)64/h22-24,26-27,29-32,34,36,42-43,49-50,54H,10-21,25,28,33,35,37-39H2,1-9H3,(H,59,68)(H,60,67)/t42-,43-,49+,50-,54+/m1/s1. The van der Waals surface area contributed by atoms with E-state index in [-0.39, 0.29) is 38.4 Å². The lowest BCUT2D eigenvalue weighted by molar-refractivity contribution is -0.146. The molecule has 72 heavy (non-hydrogen) atoms. The number of methoxy groups -OCH3 is 1. The summed E-state index contributed by atoms with van der Waals surface area (Å²) in [6, 6.07) is 16.6. The molecule has 5 atom stereocenters. The first-order chi connectivity index (χ1) is 34.5. The topological polar surface area (TPSA) is 172 Å². The number of likely N-dealkylation sites (N-methyl/N-ethyl adjacent to an activating group) is 3. The molecule has 14 nitrogen and oxygen atoms in total. The van der Waals surface area contributed by atoms with Gasteiger partial charge in [-0.1, -0.05) is 152 Å². The first-order valence-corrected chi connectivity index (χ1v) is 26.3. The number of ketones is 1. The Bertz CT molecular complexity index is 2270. The van der Waals surface area contributed by atoms with E-state index >= 15 is 0 Å². The van der Waals surface area contributed by atoms with Gasteiger partial charge < -0.3 is 34.8 Å². The normalized spacial score (nSPS) is 16.7. The van der Waals surface area contributed by atoms with Gasteiger partial charge in [0.05, 0.1) is 26.9 Å². The number of carbonyl (C=O) groups excluding carboxylic acids is 7. The summed E-state index contributed by atoms with van der Waals surface area (Å²) in [7, 11) is 5.78. The summed E-state index contributed by atoms with van der Waals surface area (Å²) < 4.78 is 11.0. The van der Waals surface area contributed by atoms with Crippen LogP contribution < -0.4 is 10.6 Å². The highest BCUT2D eigenvalue weighted by atomic mass is 16.5. The van der Waals surface area contributed by atoms with E-state index in [0.717, 1.165) is 52.6 Å². The van der Waals surface area contributed by atoms with Crippen LogP contribution in [0.4, 0.5) is 0 Å². The maximum Gasteiger partial charge on any atom is 0.328 e. The number of hydrogen-bond acceptors (Lipinski definition) is 9. The van der Waals surface area contributed by atoms with Crippen molar-refractivity contribution in [1.82, 2.24) is 25.3 Å². The van der Waals surface area contributed by atoms with Crippen LogP contribution in [0, 0.1) is 19.8 Å². The van der Waals surface area contributed by atoms with Crippen LogP contribution in [0.5, 0.6) is 0 Å². The van der Waals surface area contributed by atoms with Crippen molar-refractivity contribution in [2.45, 2.75) is 168 Å². The number of unbranched alkanes of at least 4 members (excludes halogenated alkanes) is 12. The third-order valence-electron chi connectivity index (χ3n) is 14.0. The van der Waals surface area contributed by atoms with Gasteiger partial charge in [0, 0.05) is 46.3 Å². The summed E-state index contributed by atoms with van der Waals surface area (Å²) in [5.41, 5.74) is 5.80. The smallest absolute Gasteiger partial charge is 0.328 e. The van der Waals surface area contributed by atoms with Crippen molar-refractivity contribution in [3.63, 3.8) is 0 Å². The summed E-state index contributed by atoms with van der Waals surface area (Å²) >= 11 is 0. The molecule has 14 heteroatoms. The molecule has 5 amide bonds. The van der Waals surface area contributed by atoms with Crippen LogP contribution in [-0.2, 0) is 56.1 Å². The molecule has 4 bridgehead atoms. The fourth-order valence-corrected chi connectivity index (χ4v) is 9.31. The SMILES string of the molecule is CCCCCCCCCCCCCCCC(=O)N(C)[C@H](COCc1ccccc1)C(=O)N[C@H](C)C(=O)N(C)CC(=O)N(C)[C@@H]1C(=O)C[C@@H](C)C(=O)N[C@H](C(=O)OC)Cc2ccc(C)c(c2)-c2cc1ccc2C. The molecule has 1 heterocycles. The number of Topliss-reactive ketones (excluding diaryl/α,β-unsaturated/α-hetero) is 1. The van der Waals surface area contributed by atoms with Gasteiger partial charge in [0.1, 0.15) is 24.2 Å². The van der Waals surface area contributed by atoms with Crippen LogP contribution in [0.1, 0.15) is 151 Å². The number of rotatable bonds is 26. The lowest BCUT2D eigenvalue weighted by atomic mass is 9.87. The minimum absolute atomic E-state index is 0.102. The number of nitrogens with zero attached hydrogens (tertiary/aromatic N) is 3. The van der Waals surface area contributed by atoms with Crippen LogP contribution in [-0.4, -0.2) is 116 Å². The number of amides is 5. The quantitative estimate of drug-likeness (QED) is 0.0590. The lowest BCUT2D eigenvalue weighted by Crippen LogP contribution is -2.55. The van der Waals surface area contributed by atoms with Gasteiger partial charge in [-0.2, -0.15) is 0 Å². The summed E-state index contributed by atoms with van der Waals surface area (Å²) in [4.78, 5) is 100. The molecule has 0 aliphatic carbocycles. The van der Waals surface area contributed by atoms with Crippen molar-refractivity contribution in [3.8, 4) is 11.1 Å². The molecular formula is C58H83N5O9. The highest BCUT2D eigenvalue weighted by Crippen LogP contribution is 2.34. The average molecular weight is 994 g/mol. The summed E-state index contributed by atoms with van der Waals surface area (Å²) in [5.74, 6) is -4.30. The van der Waals surface area contributed by atoms with Crippen LogP contribution in [0.2, 0.25) is 0 Å². The van der Waals surface area contributed by atoms with Gasteiger partial charge in [-0.3, -0.25) is 28.8 Å². The van der Waals surface area contributed by atoms with Gasteiger partial charge in [0.15, 0.2) is 5.78 Å². The van der Waals surface area contributed by atoms with E-state index in [1.807, 2.05) is 74.5 Å². The zero-order valence-electron chi connectivity index (χ0n) is 44.7. The zero-order chi connectivity index (χ0) is 52.7. The third-order valence-corrected chi connectivity index (χ3v) is 14.0. The average Bonchev–Trinajstić information content (AvgIpc) is 3.36. The number of carbonyl (C=O) groups is 7. The molecule has 3 aromatic rings. The van der Waals surface area contributed by atoms with Gasteiger partial charge in [0.2, 0.25) is 29.5 Å². The van der Waals surface area contributed by atoms with Gasteiger partial charge in [-0.05, 0) is 72.2 Å². The maximum atomic E-state index is 14.4. The molecule has 4 rings (SSSR count). The Hall–Kier alpha value is -5.89. The highest BCUT2D eigenvalue weighted by Gasteiger charge is 2.35.